The van der Waals surface area contributed by atoms with Gasteiger partial charge >= 0.3 is 0 Å². The normalized spacial score (nSPS) is 15.8. The Morgan fingerprint density at radius 2 is 1.94 bits per heavy atom. The maximum absolute atomic E-state index is 4.34. The second-order valence-electron chi connectivity index (χ2n) is 4.30. The summed E-state index contributed by atoms with van der Waals surface area (Å²) in [7, 11) is 3.90. The van der Waals surface area contributed by atoms with Crippen molar-refractivity contribution in [3.05, 3.63) is 10.5 Å². The number of thioether (sulfide) groups is 1. The van der Waals surface area contributed by atoms with Crippen molar-refractivity contribution in [2.24, 2.45) is 4.99 Å². The van der Waals surface area contributed by atoms with E-state index in [0.29, 0.717) is 5.25 Å². The lowest BCUT2D eigenvalue weighted by molar-refractivity contribution is 0.727. The molecule has 0 aromatic rings. The Kier molecular flexibility index (Phi) is 9.56. The lowest BCUT2D eigenvalue weighted by atomic mass is 10.1. The fourth-order valence-corrected chi connectivity index (χ4v) is 3.12. The molecule has 3 heteroatoms. The SMILES string of the molecule is CCCC(/C(C)=N\C)=C(/C)SC(CC)CNC. The molecule has 0 saturated carbocycles. The summed E-state index contributed by atoms with van der Waals surface area (Å²) >= 11 is 2.00. The van der Waals surface area contributed by atoms with Gasteiger partial charge in [-0.2, -0.15) is 0 Å². The predicted octanol–water partition coefficient (Wildman–Crippen LogP) is 3.88. The molecular weight excluding hydrogens is 228 g/mol. The van der Waals surface area contributed by atoms with Crippen molar-refractivity contribution >= 4 is 17.5 Å². The van der Waals surface area contributed by atoms with Crippen LogP contribution in [0.5, 0.6) is 0 Å². The first-order valence-corrected chi connectivity index (χ1v) is 7.43. The van der Waals surface area contributed by atoms with E-state index in [-0.39, 0.29) is 0 Å². The van der Waals surface area contributed by atoms with Crippen LogP contribution in [0.25, 0.3) is 0 Å². The first-order chi connectivity index (χ1) is 8.10. The molecule has 0 rings (SSSR count). The largest absolute Gasteiger partial charge is 0.319 e. The molecule has 100 valence electrons. The molecular formula is C14H28N2S. The summed E-state index contributed by atoms with van der Waals surface area (Å²) < 4.78 is 0. The summed E-state index contributed by atoms with van der Waals surface area (Å²) in [6, 6.07) is 0. The van der Waals surface area contributed by atoms with E-state index in [0.717, 1.165) is 13.0 Å². The third-order valence-corrected chi connectivity index (χ3v) is 4.36. The van der Waals surface area contributed by atoms with Gasteiger partial charge in [-0.1, -0.05) is 20.3 Å². The molecule has 0 bridgehead atoms. The first-order valence-electron chi connectivity index (χ1n) is 6.55. The minimum Gasteiger partial charge on any atom is -0.319 e. The van der Waals surface area contributed by atoms with Crippen LogP contribution in [-0.2, 0) is 0 Å². The van der Waals surface area contributed by atoms with Gasteiger partial charge in [-0.3, -0.25) is 4.99 Å². The van der Waals surface area contributed by atoms with Crippen molar-refractivity contribution in [3.63, 3.8) is 0 Å². The highest BCUT2D eigenvalue weighted by atomic mass is 32.2. The van der Waals surface area contributed by atoms with Crippen LogP contribution in [0.4, 0.5) is 0 Å². The third kappa shape index (κ3) is 6.27. The highest BCUT2D eigenvalue weighted by Gasteiger charge is 2.11. The van der Waals surface area contributed by atoms with Crippen LogP contribution in [0, 0.1) is 0 Å². The Hall–Kier alpha value is -0.280. The number of hydrogen-bond donors (Lipinski definition) is 1. The van der Waals surface area contributed by atoms with Crippen LogP contribution in [0.15, 0.2) is 15.5 Å². The van der Waals surface area contributed by atoms with Crippen LogP contribution in [0.2, 0.25) is 0 Å². The Balaban J connectivity index is 4.81. The van der Waals surface area contributed by atoms with Gasteiger partial charge in [-0.15, -0.1) is 11.8 Å². The summed E-state index contributed by atoms with van der Waals surface area (Å²) in [6.45, 7) is 9.91. The molecule has 1 atom stereocenters. The molecule has 0 radical (unpaired) electrons. The van der Waals surface area contributed by atoms with E-state index in [9.17, 15) is 0 Å². The molecule has 0 aliphatic carbocycles. The second kappa shape index (κ2) is 9.72. The van der Waals surface area contributed by atoms with Gasteiger partial charge in [-0.05, 0) is 44.2 Å². The molecule has 17 heavy (non-hydrogen) atoms. The van der Waals surface area contributed by atoms with Crippen LogP contribution >= 0.6 is 11.8 Å². The Labute approximate surface area is 111 Å². The van der Waals surface area contributed by atoms with E-state index in [1.807, 2.05) is 25.9 Å². The fraction of sp³-hybridized carbons (Fsp3) is 0.786. The highest BCUT2D eigenvalue weighted by molar-refractivity contribution is 8.03. The maximum Gasteiger partial charge on any atom is 0.0353 e. The Morgan fingerprint density at radius 3 is 2.35 bits per heavy atom. The quantitative estimate of drug-likeness (QED) is 0.666. The summed E-state index contributed by atoms with van der Waals surface area (Å²) in [5, 5.41) is 3.93. The molecule has 0 saturated heterocycles. The molecule has 2 nitrogen and oxygen atoms in total. The van der Waals surface area contributed by atoms with Crippen molar-refractivity contribution < 1.29 is 0 Å². The van der Waals surface area contributed by atoms with E-state index in [1.54, 1.807) is 0 Å². The van der Waals surface area contributed by atoms with E-state index in [2.05, 4.69) is 38.0 Å². The van der Waals surface area contributed by atoms with Crippen LogP contribution < -0.4 is 5.32 Å². The van der Waals surface area contributed by atoms with Gasteiger partial charge in [0.15, 0.2) is 0 Å². The number of hydrogen-bond acceptors (Lipinski definition) is 3. The minimum atomic E-state index is 0.663. The molecule has 0 heterocycles. The van der Waals surface area contributed by atoms with Crippen LogP contribution in [0.3, 0.4) is 0 Å². The van der Waals surface area contributed by atoms with Crippen molar-refractivity contribution in [3.8, 4) is 0 Å². The molecule has 0 amide bonds. The number of aliphatic imine (C=N–C) groups is 1. The summed E-state index contributed by atoms with van der Waals surface area (Å²) in [5.41, 5.74) is 2.63. The van der Waals surface area contributed by atoms with Gasteiger partial charge in [0.05, 0.1) is 0 Å². The van der Waals surface area contributed by atoms with E-state index >= 15 is 0 Å². The first kappa shape index (κ1) is 16.7. The lowest BCUT2D eigenvalue weighted by Gasteiger charge is -2.17. The van der Waals surface area contributed by atoms with Gasteiger partial charge in [-0.25, -0.2) is 0 Å². The summed E-state index contributed by atoms with van der Waals surface area (Å²) in [5.74, 6) is 0. The number of nitrogens with one attached hydrogen (secondary N) is 1. The zero-order valence-corrected chi connectivity index (χ0v) is 13.1. The summed E-state index contributed by atoms with van der Waals surface area (Å²) in [4.78, 5) is 5.78. The fourth-order valence-electron chi connectivity index (χ4n) is 1.81. The topological polar surface area (TPSA) is 24.4 Å². The van der Waals surface area contributed by atoms with E-state index in [1.165, 1.54) is 29.0 Å². The molecule has 0 spiro atoms. The molecule has 1 unspecified atom stereocenters. The third-order valence-electron chi connectivity index (χ3n) is 2.93. The van der Waals surface area contributed by atoms with Crippen molar-refractivity contribution in [1.82, 2.24) is 5.32 Å². The van der Waals surface area contributed by atoms with Gasteiger partial charge in [0.25, 0.3) is 0 Å². The van der Waals surface area contributed by atoms with Gasteiger partial charge < -0.3 is 5.32 Å². The molecule has 0 aromatic heterocycles. The van der Waals surface area contributed by atoms with E-state index < -0.39 is 0 Å². The number of nitrogens with zero attached hydrogens (tertiary/aromatic N) is 1. The Bertz CT molecular complexity index is 269. The predicted molar refractivity (Wildman–Crippen MR) is 82.2 cm³/mol. The van der Waals surface area contributed by atoms with Crippen LogP contribution in [-0.4, -0.2) is 31.6 Å². The summed E-state index contributed by atoms with van der Waals surface area (Å²) in [6.07, 6.45) is 3.52. The lowest BCUT2D eigenvalue weighted by Crippen LogP contribution is -2.20. The smallest absolute Gasteiger partial charge is 0.0353 e. The van der Waals surface area contributed by atoms with Gasteiger partial charge in [0.2, 0.25) is 0 Å². The van der Waals surface area contributed by atoms with Gasteiger partial charge in [0.1, 0.15) is 0 Å². The average molecular weight is 256 g/mol. The minimum absolute atomic E-state index is 0.663. The molecule has 0 fully saturated rings. The van der Waals surface area contributed by atoms with Crippen LogP contribution in [0.1, 0.15) is 47.0 Å². The van der Waals surface area contributed by atoms with Crippen molar-refractivity contribution in [1.29, 1.82) is 0 Å². The van der Waals surface area contributed by atoms with Crippen molar-refractivity contribution in [2.75, 3.05) is 20.6 Å². The molecule has 1 N–H and O–H groups in total. The van der Waals surface area contributed by atoms with E-state index in [4.69, 9.17) is 0 Å². The number of allylic oxidation sites excluding steroid dienone is 2. The number of rotatable bonds is 8. The zero-order valence-electron chi connectivity index (χ0n) is 12.3. The molecule has 0 aromatic carbocycles. The monoisotopic (exact) mass is 256 g/mol. The zero-order chi connectivity index (χ0) is 13.3. The molecule has 0 aliphatic rings. The second-order valence-corrected chi connectivity index (χ2v) is 5.81. The molecule has 0 aliphatic heterocycles. The average Bonchev–Trinajstić information content (AvgIpc) is 2.34. The Morgan fingerprint density at radius 1 is 1.29 bits per heavy atom. The van der Waals surface area contributed by atoms with Crippen molar-refractivity contribution in [2.45, 2.75) is 52.2 Å². The highest BCUT2D eigenvalue weighted by Crippen LogP contribution is 2.28. The van der Waals surface area contributed by atoms with Gasteiger partial charge in [0, 0.05) is 24.6 Å². The standard InChI is InChI=1S/C14H28N2S/c1-7-9-14(11(3)16-6)12(4)17-13(8-2)10-15-5/h13,15H,7-10H2,1-6H3/b14-12+,16-11-. The maximum atomic E-state index is 4.34.